The van der Waals surface area contributed by atoms with Gasteiger partial charge in [-0.1, -0.05) is 18.2 Å². The van der Waals surface area contributed by atoms with Gasteiger partial charge in [-0.3, -0.25) is 0 Å². The van der Waals surface area contributed by atoms with E-state index in [1.165, 1.54) is 0 Å². The number of hydrogen-bond donors (Lipinski definition) is 0. The normalized spacial score (nSPS) is 11.4. The summed E-state index contributed by atoms with van der Waals surface area (Å²) in [4.78, 5) is 25.7. The third-order valence-corrected chi connectivity index (χ3v) is 2.69. The van der Waals surface area contributed by atoms with Crippen LogP contribution in [0.15, 0.2) is 24.3 Å². The summed E-state index contributed by atoms with van der Waals surface area (Å²) in [6, 6.07) is 8.80. The minimum absolute atomic E-state index is 0.104. The molecule has 130 valence electrons. The van der Waals surface area contributed by atoms with Crippen molar-refractivity contribution in [1.29, 1.82) is 5.26 Å². The van der Waals surface area contributed by atoms with Crippen LogP contribution in [0.25, 0.3) is 0 Å². The van der Waals surface area contributed by atoms with E-state index < -0.39 is 23.4 Å². The third-order valence-electron chi connectivity index (χ3n) is 2.69. The molecule has 24 heavy (non-hydrogen) atoms. The van der Waals surface area contributed by atoms with Crippen LogP contribution in [0.3, 0.4) is 0 Å². The average Bonchev–Trinajstić information content (AvgIpc) is 2.41. The number of hydrogen-bond acceptors (Lipinski definition) is 5. The van der Waals surface area contributed by atoms with Crippen molar-refractivity contribution in [3.8, 4) is 6.07 Å². The molecule has 1 aromatic rings. The predicted molar refractivity (Wildman–Crippen MR) is 89.2 cm³/mol. The summed E-state index contributed by atoms with van der Waals surface area (Å²) in [5.41, 5.74) is -0.593. The zero-order chi connectivity index (χ0) is 18.5. The summed E-state index contributed by atoms with van der Waals surface area (Å²) in [6.45, 7) is 10.2. The summed E-state index contributed by atoms with van der Waals surface area (Å²) in [7, 11) is 0. The van der Waals surface area contributed by atoms with E-state index in [0.29, 0.717) is 11.1 Å². The van der Waals surface area contributed by atoms with Crippen molar-refractivity contribution in [2.75, 3.05) is 0 Å². The first-order chi connectivity index (χ1) is 10.9. The van der Waals surface area contributed by atoms with Crippen LogP contribution in [0.1, 0.15) is 52.7 Å². The summed E-state index contributed by atoms with van der Waals surface area (Å²) in [5, 5.41) is 9.18. The molecule has 0 aliphatic carbocycles. The number of nitrogens with zero attached hydrogens (tertiary/aromatic N) is 2. The Labute approximate surface area is 143 Å². The number of ether oxygens (including phenoxy) is 2. The summed E-state index contributed by atoms with van der Waals surface area (Å²) in [5.74, 6) is 0. The molecule has 0 aliphatic heterocycles. The number of amides is 2. The van der Waals surface area contributed by atoms with Crippen molar-refractivity contribution in [3.05, 3.63) is 35.4 Å². The lowest BCUT2D eigenvalue weighted by molar-refractivity contribution is -0.000252. The first-order valence-corrected chi connectivity index (χ1v) is 7.64. The van der Waals surface area contributed by atoms with E-state index >= 15 is 0 Å². The largest absolute Gasteiger partial charge is 0.443 e. The van der Waals surface area contributed by atoms with Crippen LogP contribution in [-0.2, 0) is 16.0 Å². The zero-order valence-corrected chi connectivity index (χ0v) is 15.0. The maximum absolute atomic E-state index is 12.4. The number of rotatable bonds is 2. The van der Waals surface area contributed by atoms with Crippen LogP contribution in [-0.4, -0.2) is 28.3 Å². The van der Waals surface area contributed by atoms with E-state index in [9.17, 15) is 14.9 Å². The van der Waals surface area contributed by atoms with Gasteiger partial charge in [-0.05, 0) is 53.2 Å². The molecule has 0 aromatic heterocycles. The van der Waals surface area contributed by atoms with Gasteiger partial charge in [-0.2, -0.15) is 5.26 Å². The second-order valence-electron chi connectivity index (χ2n) is 7.32. The van der Waals surface area contributed by atoms with Crippen LogP contribution >= 0.6 is 0 Å². The number of imide groups is 1. The SMILES string of the molecule is CC(C)(C)OC(=O)N(Cc1ccccc1C#N)C(=O)OC(C)(C)C. The maximum atomic E-state index is 12.4. The second-order valence-corrected chi connectivity index (χ2v) is 7.32. The van der Waals surface area contributed by atoms with Crippen LogP contribution in [0.2, 0.25) is 0 Å². The number of benzene rings is 1. The maximum Gasteiger partial charge on any atom is 0.420 e. The topological polar surface area (TPSA) is 79.6 Å². The Morgan fingerprint density at radius 3 is 1.88 bits per heavy atom. The fourth-order valence-corrected chi connectivity index (χ4v) is 1.78. The smallest absolute Gasteiger partial charge is 0.420 e. The molecule has 1 rings (SSSR count). The van der Waals surface area contributed by atoms with E-state index in [2.05, 4.69) is 0 Å². The highest BCUT2D eigenvalue weighted by Gasteiger charge is 2.31. The summed E-state index contributed by atoms with van der Waals surface area (Å²) in [6.07, 6.45) is -1.63. The molecule has 6 heteroatoms. The van der Waals surface area contributed by atoms with Gasteiger partial charge in [0, 0.05) is 0 Å². The average molecular weight is 332 g/mol. The molecule has 0 radical (unpaired) electrons. The number of nitriles is 1. The molecule has 0 aliphatic rings. The van der Waals surface area contributed by atoms with E-state index in [1.54, 1.807) is 65.8 Å². The molecular formula is C18H24N2O4. The standard InChI is InChI=1S/C18H24N2O4/c1-17(2,3)23-15(21)20(16(22)24-18(4,5)6)12-14-10-8-7-9-13(14)11-19/h7-10H,12H2,1-6H3. The van der Waals surface area contributed by atoms with E-state index in [1.807, 2.05) is 6.07 Å². The van der Waals surface area contributed by atoms with Crippen LogP contribution in [0.4, 0.5) is 9.59 Å². The fourth-order valence-electron chi connectivity index (χ4n) is 1.78. The van der Waals surface area contributed by atoms with Crippen molar-refractivity contribution in [1.82, 2.24) is 4.90 Å². The van der Waals surface area contributed by atoms with Gasteiger partial charge < -0.3 is 9.47 Å². The summed E-state index contributed by atoms with van der Waals surface area (Å²) >= 11 is 0. The lowest BCUT2D eigenvalue weighted by Crippen LogP contribution is -2.43. The van der Waals surface area contributed by atoms with Gasteiger partial charge in [-0.15, -0.1) is 0 Å². The van der Waals surface area contributed by atoms with Crippen molar-refractivity contribution in [2.24, 2.45) is 0 Å². The highest BCUT2D eigenvalue weighted by molar-refractivity contribution is 5.88. The van der Waals surface area contributed by atoms with Crippen LogP contribution in [0, 0.1) is 11.3 Å². The molecule has 0 N–H and O–H groups in total. The Balaban J connectivity index is 3.11. The molecule has 0 heterocycles. The molecule has 0 spiro atoms. The third kappa shape index (κ3) is 6.29. The Bertz CT molecular complexity index is 620. The molecule has 0 fully saturated rings. The molecule has 0 bridgehead atoms. The predicted octanol–water partition coefficient (Wildman–Crippen LogP) is 4.23. The Hall–Kier alpha value is -2.55. The van der Waals surface area contributed by atoms with Gasteiger partial charge in [0.25, 0.3) is 0 Å². The van der Waals surface area contributed by atoms with Gasteiger partial charge in [-0.25, -0.2) is 14.5 Å². The van der Waals surface area contributed by atoms with Crippen molar-refractivity contribution in [2.45, 2.75) is 59.3 Å². The van der Waals surface area contributed by atoms with Crippen LogP contribution in [0.5, 0.6) is 0 Å². The fraction of sp³-hybridized carbons (Fsp3) is 0.500. The Morgan fingerprint density at radius 2 is 1.46 bits per heavy atom. The minimum Gasteiger partial charge on any atom is -0.443 e. The van der Waals surface area contributed by atoms with Gasteiger partial charge >= 0.3 is 12.2 Å². The quantitative estimate of drug-likeness (QED) is 0.809. The number of carbonyl (C=O) groups is 2. The first kappa shape index (κ1) is 19.5. The molecule has 6 nitrogen and oxygen atoms in total. The van der Waals surface area contributed by atoms with Gasteiger partial charge in [0.15, 0.2) is 0 Å². The molecular weight excluding hydrogens is 308 g/mol. The van der Waals surface area contributed by atoms with Crippen molar-refractivity contribution in [3.63, 3.8) is 0 Å². The molecule has 0 saturated heterocycles. The molecule has 0 saturated carbocycles. The van der Waals surface area contributed by atoms with Gasteiger partial charge in [0.2, 0.25) is 0 Å². The first-order valence-electron chi connectivity index (χ1n) is 7.64. The van der Waals surface area contributed by atoms with Gasteiger partial charge in [0.05, 0.1) is 18.2 Å². The van der Waals surface area contributed by atoms with Crippen LogP contribution < -0.4 is 0 Å². The zero-order valence-electron chi connectivity index (χ0n) is 15.0. The van der Waals surface area contributed by atoms with Crippen molar-refractivity contribution < 1.29 is 19.1 Å². The molecule has 1 aromatic carbocycles. The van der Waals surface area contributed by atoms with E-state index in [4.69, 9.17) is 9.47 Å². The second kappa shape index (κ2) is 7.35. The summed E-state index contributed by atoms with van der Waals surface area (Å²) < 4.78 is 10.6. The number of carbonyl (C=O) groups excluding carboxylic acids is 2. The monoisotopic (exact) mass is 332 g/mol. The highest BCUT2D eigenvalue weighted by Crippen LogP contribution is 2.18. The molecule has 2 amide bonds. The van der Waals surface area contributed by atoms with Gasteiger partial charge in [0.1, 0.15) is 11.2 Å². The lowest BCUT2D eigenvalue weighted by Gasteiger charge is -2.28. The Morgan fingerprint density at radius 1 is 1.00 bits per heavy atom. The lowest BCUT2D eigenvalue weighted by atomic mass is 10.1. The molecule has 0 unspecified atom stereocenters. The van der Waals surface area contributed by atoms with Crippen molar-refractivity contribution >= 4 is 12.2 Å². The Kier molecular flexibility index (Phi) is 5.97. The van der Waals surface area contributed by atoms with E-state index in [-0.39, 0.29) is 6.54 Å². The van der Waals surface area contributed by atoms with E-state index in [0.717, 1.165) is 4.90 Å². The highest BCUT2D eigenvalue weighted by atomic mass is 16.6. The minimum atomic E-state index is -0.815. The molecule has 0 atom stereocenters.